The van der Waals surface area contributed by atoms with Crippen molar-refractivity contribution in [1.82, 2.24) is 10.2 Å². The molecule has 2 fully saturated rings. The molecule has 2 N–H and O–H groups in total. The number of piperazine rings is 1. The molecule has 0 aromatic heterocycles. The van der Waals surface area contributed by atoms with Crippen LogP contribution < -0.4 is 5.32 Å². The van der Waals surface area contributed by atoms with Crippen molar-refractivity contribution in [2.24, 2.45) is 0 Å². The van der Waals surface area contributed by atoms with Crippen molar-refractivity contribution in [2.45, 2.75) is 25.0 Å². The molecule has 2 atom stereocenters. The molecule has 2 heterocycles. The second-order valence-electron chi connectivity index (χ2n) is 4.89. The van der Waals surface area contributed by atoms with Gasteiger partial charge in [0.1, 0.15) is 0 Å². The monoisotopic (exact) mass is 232 g/mol. The predicted molar refractivity (Wildman–Crippen MR) is 64.0 cm³/mol. The van der Waals surface area contributed by atoms with Crippen molar-refractivity contribution in [3.63, 3.8) is 0 Å². The molecule has 0 radical (unpaired) electrons. The number of carbonyl (C=O) groups is 1. The van der Waals surface area contributed by atoms with Gasteiger partial charge in [0.2, 0.25) is 0 Å². The number of hydrogen-bond acceptors (Lipinski definition) is 3. The van der Waals surface area contributed by atoms with E-state index < -0.39 is 5.97 Å². The number of aromatic carboxylic acids is 1. The van der Waals surface area contributed by atoms with E-state index in [0.717, 1.165) is 25.2 Å². The smallest absolute Gasteiger partial charge is 0.336 e. The van der Waals surface area contributed by atoms with Crippen molar-refractivity contribution in [3.05, 3.63) is 35.4 Å². The third kappa shape index (κ3) is 1.94. The lowest BCUT2D eigenvalue weighted by atomic mass is 10.1. The third-order valence-electron chi connectivity index (χ3n) is 3.79. The third-order valence-corrected chi connectivity index (χ3v) is 3.79. The number of nitrogens with one attached hydrogen (secondary N) is 1. The second-order valence-corrected chi connectivity index (χ2v) is 4.89. The summed E-state index contributed by atoms with van der Waals surface area (Å²) in [6.07, 6.45) is 1.20. The molecular weight excluding hydrogens is 216 g/mol. The fraction of sp³-hybridized carbons (Fsp3) is 0.462. The Hall–Kier alpha value is -1.39. The van der Waals surface area contributed by atoms with Crippen LogP contribution in [0.25, 0.3) is 0 Å². The first-order valence-electron chi connectivity index (χ1n) is 6.02. The Morgan fingerprint density at radius 3 is 2.94 bits per heavy atom. The van der Waals surface area contributed by atoms with E-state index in [1.807, 2.05) is 12.1 Å². The summed E-state index contributed by atoms with van der Waals surface area (Å²) in [5.74, 6) is -0.830. The number of fused-ring (bicyclic) bond motifs is 2. The van der Waals surface area contributed by atoms with Crippen molar-refractivity contribution in [1.29, 1.82) is 0 Å². The minimum Gasteiger partial charge on any atom is -0.478 e. The fourth-order valence-electron chi connectivity index (χ4n) is 2.93. The molecule has 0 aliphatic carbocycles. The normalized spacial score (nSPS) is 27.5. The molecule has 1 aromatic carbocycles. The Bertz CT molecular complexity index is 447. The van der Waals surface area contributed by atoms with Gasteiger partial charge in [0.05, 0.1) is 5.56 Å². The predicted octanol–water partition coefficient (Wildman–Crippen LogP) is 0.931. The summed E-state index contributed by atoms with van der Waals surface area (Å²) in [4.78, 5) is 13.5. The van der Waals surface area contributed by atoms with Gasteiger partial charge in [-0.1, -0.05) is 18.2 Å². The van der Waals surface area contributed by atoms with Gasteiger partial charge in [-0.15, -0.1) is 0 Å². The van der Waals surface area contributed by atoms with E-state index in [0.29, 0.717) is 17.6 Å². The maximum Gasteiger partial charge on any atom is 0.336 e. The Morgan fingerprint density at radius 2 is 2.29 bits per heavy atom. The SMILES string of the molecule is O=C(O)c1ccccc1CN1CC2CC1CN2. The van der Waals surface area contributed by atoms with Gasteiger partial charge in [-0.25, -0.2) is 4.79 Å². The average molecular weight is 232 g/mol. The van der Waals surface area contributed by atoms with Crippen LogP contribution in [0.4, 0.5) is 0 Å². The number of hydrogen-bond donors (Lipinski definition) is 2. The fourth-order valence-corrected chi connectivity index (χ4v) is 2.93. The van der Waals surface area contributed by atoms with Crippen molar-refractivity contribution >= 4 is 5.97 Å². The number of likely N-dealkylation sites (tertiary alicyclic amines) is 1. The molecular formula is C13H16N2O2. The van der Waals surface area contributed by atoms with Crippen LogP contribution >= 0.6 is 0 Å². The summed E-state index contributed by atoms with van der Waals surface area (Å²) in [5, 5.41) is 12.6. The summed E-state index contributed by atoms with van der Waals surface area (Å²) < 4.78 is 0. The van der Waals surface area contributed by atoms with Crippen LogP contribution in [-0.2, 0) is 6.54 Å². The molecule has 3 rings (SSSR count). The second kappa shape index (κ2) is 4.13. The molecule has 17 heavy (non-hydrogen) atoms. The molecule has 2 aliphatic heterocycles. The van der Waals surface area contributed by atoms with E-state index >= 15 is 0 Å². The van der Waals surface area contributed by atoms with Gasteiger partial charge >= 0.3 is 5.97 Å². The zero-order chi connectivity index (χ0) is 11.8. The number of rotatable bonds is 3. The van der Waals surface area contributed by atoms with Crippen LogP contribution in [0.2, 0.25) is 0 Å². The maximum absolute atomic E-state index is 11.1. The van der Waals surface area contributed by atoms with Gasteiger partial charge < -0.3 is 10.4 Å². The minimum atomic E-state index is -0.830. The standard InChI is InChI=1S/C13H16N2O2/c16-13(17)12-4-2-1-3-9(12)7-15-8-10-5-11(15)6-14-10/h1-4,10-11,14H,5-8H2,(H,16,17). The Morgan fingerprint density at radius 1 is 1.47 bits per heavy atom. The lowest BCUT2D eigenvalue weighted by Crippen LogP contribution is -2.43. The molecule has 0 spiro atoms. The first kappa shape index (κ1) is 10.7. The zero-order valence-corrected chi connectivity index (χ0v) is 9.60. The highest BCUT2D eigenvalue weighted by molar-refractivity contribution is 5.89. The van der Waals surface area contributed by atoms with Gasteiger partial charge in [0.25, 0.3) is 0 Å². The van der Waals surface area contributed by atoms with E-state index in [4.69, 9.17) is 5.11 Å². The topological polar surface area (TPSA) is 52.6 Å². The first-order chi connectivity index (χ1) is 8.24. The van der Waals surface area contributed by atoms with Gasteiger partial charge in [-0.3, -0.25) is 4.90 Å². The highest BCUT2D eigenvalue weighted by Gasteiger charge is 2.37. The molecule has 1 aromatic rings. The Balaban J connectivity index is 1.79. The number of nitrogens with zero attached hydrogens (tertiary/aromatic N) is 1. The largest absolute Gasteiger partial charge is 0.478 e. The molecule has 2 bridgehead atoms. The van der Waals surface area contributed by atoms with Crippen LogP contribution in [-0.4, -0.2) is 41.1 Å². The molecule has 2 aliphatic rings. The lowest BCUT2D eigenvalue weighted by molar-refractivity contribution is 0.0694. The van der Waals surface area contributed by atoms with Crippen molar-refractivity contribution < 1.29 is 9.90 Å². The Labute approximate surface area is 100 Å². The number of carboxylic acid groups (broad SMARTS) is 1. The maximum atomic E-state index is 11.1. The summed E-state index contributed by atoms with van der Waals surface area (Å²) >= 11 is 0. The van der Waals surface area contributed by atoms with Crippen molar-refractivity contribution in [2.75, 3.05) is 13.1 Å². The molecule has 2 saturated heterocycles. The highest BCUT2D eigenvalue weighted by Crippen LogP contribution is 2.25. The van der Waals surface area contributed by atoms with Gasteiger partial charge in [-0.2, -0.15) is 0 Å². The Kier molecular flexibility index (Phi) is 2.61. The van der Waals surface area contributed by atoms with Crippen molar-refractivity contribution in [3.8, 4) is 0 Å². The zero-order valence-electron chi connectivity index (χ0n) is 9.60. The van der Waals surface area contributed by atoms with Gasteiger partial charge in [0, 0.05) is 31.7 Å². The highest BCUT2D eigenvalue weighted by atomic mass is 16.4. The number of benzene rings is 1. The molecule has 0 amide bonds. The molecule has 0 saturated carbocycles. The van der Waals surface area contributed by atoms with Gasteiger partial charge in [0.15, 0.2) is 0 Å². The summed E-state index contributed by atoms with van der Waals surface area (Å²) in [6, 6.07) is 8.49. The summed E-state index contributed by atoms with van der Waals surface area (Å²) in [5.41, 5.74) is 1.36. The lowest BCUT2D eigenvalue weighted by Gasteiger charge is -2.27. The molecule has 2 unspecified atom stereocenters. The number of carboxylic acids is 1. The van der Waals surface area contributed by atoms with E-state index in [1.54, 1.807) is 12.1 Å². The molecule has 90 valence electrons. The average Bonchev–Trinajstić information content (AvgIpc) is 2.91. The van der Waals surface area contributed by atoms with Gasteiger partial charge in [-0.05, 0) is 18.1 Å². The van der Waals surface area contributed by atoms with E-state index in [-0.39, 0.29) is 0 Å². The summed E-state index contributed by atoms with van der Waals surface area (Å²) in [7, 11) is 0. The van der Waals surface area contributed by atoms with E-state index in [9.17, 15) is 4.79 Å². The van der Waals surface area contributed by atoms with Crippen LogP contribution in [0, 0.1) is 0 Å². The molecule has 4 nitrogen and oxygen atoms in total. The van der Waals surface area contributed by atoms with E-state index in [1.165, 1.54) is 6.42 Å². The van der Waals surface area contributed by atoms with Crippen LogP contribution in [0.5, 0.6) is 0 Å². The van der Waals surface area contributed by atoms with Crippen LogP contribution in [0.3, 0.4) is 0 Å². The quantitative estimate of drug-likeness (QED) is 0.814. The minimum absolute atomic E-state index is 0.434. The van der Waals surface area contributed by atoms with E-state index in [2.05, 4.69) is 10.2 Å². The van der Waals surface area contributed by atoms with Crippen LogP contribution in [0.15, 0.2) is 24.3 Å². The summed E-state index contributed by atoms with van der Waals surface area (Å²) in [6.45, 7) is 2.84. The first-order valence-corrected chi connectivity index (χ1v) is 6.02. The van der Waals surface area contributed by atoms with Crippen LogP contribution in [0.1, 0.15) is 22.3 Å². The molecule has 4 heteroatoms.